The zero-order valence-electron chi connectivity index (χ0n) is 10.6. The Morgan fingerprint density at radius 1 is 1.44 bits per heavy atom. The highest BCUT2D eigenvalue weighted by Gasteiger charge is 2.17. The predicted molar refractivity (Wildman–Crippen MR) is 67.3 cm³/mol. The first-order valence-corrected chi connectivity index (χ1v) is 5.99. The topological polar surface area (TPSA) is 79.3 Å². The summed E-state index contributed by atoms with van der Waals surface area (Å²) in [5.74, 6) is -1.75. The molecular weight excluding hydrogens is 232 g/mol. The third-order valence-corrected chi connectivity index (χ3v) is 2.62. The van der Waals surface area contributed by atoms with E-state index in [9.17, 15) is 9.59 Å². The molecule has 5 heteroatoms. The summed E-state index contributed by atoms with van der Waals surface area (Å²) in [7, 11) is 0. The van der Waals surface area contributed by atoms with Crippen LogP contribution in [0.3, 0.4) is 0 Å². The van der Waals surface area contributed by atoms with Crippen LogP contribution in [0, 0.1) is 12.8 Å². The van der Waals surface area contributed by atoms with Gasteiger partial charge in [-0.25, -0.2) is 4.98 Å². The first-order chi connectivity index (χ1) is 8.54. The second kappa shape index (κ2) is 6.74. The Bertz CT molecular complexity index is 432. The van der Waals surface area contributed by atoms with E-state index in [1.54, 1.807) is 25.1 Å². The summed E-state index contributed by atoms with van der Waals surface area (Å²) in [5.41, 5.74) is 1.07. The van der Waals surface area contributed by atoms with E-state index in [1.807, 2.05) is 6.92 Å². The Balaban J connectivity index is 2.57. The maximum atomic E-state index is 11.8. The molecule has 18 heavy (non-hydrogen) atoms. The molecule has 0 fully saturated rings. The van der Waals surface area contributed by atoms with Crippen molar-refractivity contribution >= 4 is 11.9 Å². The van der Waals surface area contributed by atoms with Gasteiger partial charge in [-0.1, -0.05) is 19.4 Å². The molecule has 1 heterocycles. The van der Waals surface area contributed by atoms with E-state index in [0.29, 0.717) is 12.1 Å². The smallest absolute Gasteiger partial charge is 0.308 e. The number of rotatable bonds is 6. The van der Waals surface area contributed by atoms with E-state index in [-0.39, 0.29) is 12.5 Å². The number of carboxylic acid groups (broad SMARTS) is 1. The zero-order chi connectivity index (χ0) is 13.5. The molecule has 0 aliphatic rings. The number of aromatic nitrogens is 1. The Hall–Kier alpha value is -1.91. The van der Waals surface area contributed by atoms with Gasteiger partial charge in [-0.2, -0.15) is 0 Å². The molecule has 0 saturated heterocycles. The van der Waals surface area contributed by atoms with Gasteiger partial charge in [0, 0.05) is 12.2 Å². The summed E-state index contributed by atoms with van der Waals surface area (Å²) >= 11 is 0. The molecule has 0 aliphatic carbocycles. The molecule has 1 aromatic rings. The molecule has 1 aromatic heterocycles. The van der Waals surface area contributed by atoms with Gasteiger partial charge in [-0.05, 0) is 25.5 Å². The van der Waals surface area contributed by atoms with E-state index in [4.69, 9.17) is 5.11 Å². The predicted octanol–water partition coefficient (Wildman–Crippen LogP) is 1.62. The second-order valence-electron chi connectivity index (χ2n) is 4.20. The minimum Gasteiger partial charge on any atom is -0.481 e. The van der Waals surface area contributed by atoms with Gasteiger partial charge in [-0.3, -0.25) is 9.59 Å². The lowest BCUT2D eigenvalue weighted by atomic mass is 10.0. The van der Waals surface area contributed by atoms with Gasteiger partial charge >= 0.3 is 5.97 Å². The SMILES string of the molecule is CCCC(CNC(=O)c1cccc(C)n1)C(=O)O. The number of amides is 1. The first-order valence-electron chi connectivity index (χ1n) is 5.99. The number of nitrogens with zero attached hydrogens (tertiary/aromatic N) is 1. The van der Waals surface area contributed by atoms with Crippen molar-refractivity contribution in [2.24, 2.45) is 5.92 Å². The lowest BCUT2D eigenvalue weighted by molar-refractivity contribution is -0.141. The van der Waals surface area contributed by atoms with Gasteiger partial charge < -0.3 is 10.4 Å². The van der Waals surface area contributed by atoms with Crippen LogP contribution in [-0.2, 0) is 4.79 Å². The van der Waals surface area contributed by atoms with Gasteiger partial charge in [0.25, 0.3) is 5.91 Å². The number of carboxylic acids is 1. The summed E-state index contributed by atoms with van der Waals surface area (Å²) in [6.07, 6.45) is 1.33. The molecule has 5 nitrogen and oxygen atoms in total. The fraction of sp³-hybridized carbons (Fsp3) is 0.462. The first kappa shape index (κ1) is 14.2. The van der Waals surface area contributed by atoms with Crippen LogP contribution in [0.25, 0.3) is 0 Å². The van der Waals surface area contributed by atoms with E-state index in [1.165, 1.54) is 0 Å². The average molecular weight is 250 g/mol. The van der Waals surface area contributed by atoms with Crippen LogP contribution in [0.4, 0.5) is 0 Å². The normalized spacial score (nSPS) is 11.9. The minimum atomic E-state index is -0.880. The van der Waals surface area contributed by atoms with Crippen LogP contribution < -0.4 is 5.32 Å². The number of nitrogens with one attached hydrogen (secondary N) is 1. The Morgan fingerprint density at radius 3 is 2.72 bits per heavy atom. The third kappa shape index (κ3) is 4.16. The van der Waals surface area contributed by atoms with Crippen molar-refractivity contribution in [2.45, 2.75) is 26.7 Å². The summed E-state index contributed by atoms with van der Waals surface area (Å²) in [6, 6.07) is 5.16. The zero-order valence-corrected chi connectivity index (χ0v) is 10.6. The number of hydrogen-bond acceptors (Lipinski definition) is 3. The van der Waals surface area contributed by atoms with Crippen molar-refractivity contribution in [3.63, 3.8) is 0 Å². The largest absolute Gasteiger partial charge is 0.481 e. The molecule has 0 bridgehead atoms. The van der Waals surface area contributed by atoms with E-state index in [0.717, 1.165) is 12.1 Å². The highest BCUT2D eigenvalue weighted by molar-refractivity contribution is 5.92. The molecule has 0 spiro atoms. The molecule has 2 N–H and O–H groups in total. The summed E-state index contributed by atoms with van der Waals surface area (Å²) in [6.45, 7) is 3.85. The van der Waals surface area contributed by atoms with Crippen LogP contribution in [0.15, 0.2) is 18.2 Å². The average Bonchev–Trinajstić information content (AvgIpc) is 2.33. The number of hydrogen-bond donors (Lipinski definition) is 2. The van der Waals surface area contributed by atoms with Crippen LogP contribution in [0.1, 0.15) is 35.9 Å². The number of pyridine rings is 1. The minimum absolute atomic E-state index is 0.137. The van der Waals surface area contributed by atoms with Crippen molar-refractivity contribution in [1.29, 1.82) is 0 Å². The van der Waals surface area contributed by atoms with Crippen molar-refractivity contribution in [1.82, 2.24) is 10.3 Å². The van der Waals surface area contributed by atoms with Gasteiger partial charge in [0.05, 0.1) is 5.92 Å². The Kier molecular flexibility index (Phi) is 5.30. The highest BCUT2D eigenvalue weighted by Crippen LogP contribution is 2.06. The number of carbonyl (C=O) groups is 2. The maximum Gasteiger partial charge on any atom is 0.308 e. The molecule has 1 unspecified atom stereocenters. The standard InChI is InChI=1S/C13H18N2O3/c1-3-5-10(13(17)18)8-14-12(16)11-7-4-6-9(2)15-11/h4,6-7,10H,3,5,8H2,1-2H3,(H,14,16)(H,17,18). The number of aryl methyl sites for hydroxylation is 1. The molecule has 0 radical (unpaired) electrons. The number of aliphatic carboxylic acids is 1. The van der Waals surface area contributed by atoms with Gasteiger partial charge in [0.2, 0.25) is 0 Å². The van der Waals surface area contributed by atoms with Crippen molar-refractivity contribution in [3.05, 3.63) is 29.6 Å². The van der Waals surface area contributed by atoms with Crippen molar-refractivity contribution < 1.29 is 14.7 Å². The van der Waals surface area contributed by atoms with Gasteiger partial charge in [0.15, 0.2) is 0 Å². The van der Waals surface area contributed by atoms with Crippen molar-refractivity contribution in [3.8, 4) is 0 Å². The van der Waals surface area contributed by atoms with Crippen molar-refractivity contribution in [2.75, 3.05) is 6.54 Å². The molecule has 0 aliphatic heterocycles. The molecule has 1 amide bonds. The van der Waals surface area contributed by atoms with Crippen LogP contribution in [-0.4, -0.2) is 28.5 Å². The monoisotopic (exact) mass is 250 g/mol. The quantitative estimate of drug-likeness (QED) is 0.804. The molecule has 1 atom stereocenters. The summed E-state index contributed by atoms with van der Waals surface area (Å²) in [5, 5.41) is 11.6. The maximum absolute atomic E-state index is 11.8. The molecule has 0 saturated carbocycles. The lowest BCUT2D eigenvalue weighted by Crippen LogP contribution is -2.33. The third-order valence-electron chi connectivity index (χ3n) is 2.62. The van der Waals surface area contributed by atoms with E-state index >= 15 is 0 Å². The van der Waals surface area contributed by atoms with Crippen LogP contribution in [0.2, 0.25) is 0 Å². The fourth-order valence-corrected chi connectivity index (χ4v) is 1.64. The fourth-order valence-electron chi connectivity index (χ4n) is 1.64. The molecule has 0 aromatic carbocycles. The molecule has 98 valence electrons. The van der Waals surface area contributed by atoms with Gasteiger partial charge in [0.1, 0.15) is 5.69 Å². The van der Waals surface area contributed by atoms with Gasteiger partial charge in [-0.15, -0.1) is 0 Å². The van der Waals surface area contributed by atoms with E-state index < -0.39 is 11.9 Å². The molecule has 1 rings (SSSR count). The molecular formula is C13H18N2O3. The Labute approximate surface area is 106 Å². The van der Waals surface area contributed by atoms with Crippen LogP contribution in [0.5, 0.6) is 0 Å². The second-order valence-corrected chi connectivity index (χ2v) is 4.20. The summed E-state index contributed by atoms with van der Waals surface area (Å²) < 4.78 is 0. The Morgan fingerprint density at radius 2 is 2.17 bits per heavy atom. The van der Waals surface area contributed by atoms with E-state index in [2.05, 4.69) is 10.3 Å². The summed E-state index contributed by atoms with van der Waals surface area (Å²) in [4.78, 5) is 26.8. The lowest BCUT2D eigenvalue weighted by Gasteiger charge is -2.12. The highest BCUT2D eigenvalue weighted by atomic mass is 16.4. The number of carbonyl (C=O) groups excluding carboxylic acids is 1. The van der Waals surface area contributed by atoms with Crippen LogP contribution >= 0.6 is 0 Å².